The molecule has 3 aromatic rings. The van der Waals surface area contributed by atoms with E-state index in [1.807, 2.05) is 42.5 Å². The van der Waals surface area contributed by atoms with Gasteiger partial charge in [-0.15, -0.1) is 0 Å². The van der Waals surface area contributed by atoms with Crippen LogP contribution in [0.15, 0.2) is 54.6 Å². The van der Waals surface area contributed by atoms with Gasteiger partial charge in [0.1, 0.15) is 5.56 Å². The van der Waals surface area contributed by atoms with E-state index in [4.69, 9.17) is 16.3 Å². The third-order valence-corrected chi connectivity index (χ3v) is 4.49. The summed E-state index contributed by atoms with van der Waals surface area (Å²) in [6.07, 6.45) is 0. The maximum atomic E-state index is 12.5. The maximum absolute atomic E-state index is 12.5. The number of aromatic nitrogens is 2. The van der Waals surface area contributed by atoms with Gasteiger partial charge in [-0.3, -0.25) is 4.79 Å². The van der Waals surface area contributed by atoms with Gasteiger partial charge in [0.15, 0.2) is 6.61 Å². The first-order valence-corrected chi connectivity index (χ1v) is 9.13. The Morgan fingerprint density at radius 1 is 1.07 bits per heavy atom. The van der Waals surface area contributed by atoms with E-state index in [0.717, 1.165) is 11.3 Å². The molecule has 1 aromatic heterocycles. The van der Waals surface area contributed by atoms with Crippen molar-refractivity contribution in [2.24, 2.45) is 0 Å². The molecule has 6 nitrogen and oxygen atoms in total. The van der Waals surface area contributed by atoms with Crippen LogP contribution in [0.25, 0.3) is 5.69 Å². The van der Waals surface area contributed by atoms with Crippen molar-refractivity contribution in [3.8, 4) is 5.69 Å². The fraction of sp³-hybridized carbons (Fsp3) is 0.190. The van der Waals surface area contributed by atoms with Gasteiger partial charge >= 0.3 is 5.97 Å². The molecule has 0 aliphatic rings. The van der Waals surface area contributed by atoms with Gasteiger partial charge < -0.3 is 10.1 Å². The predicted octanol–water partition coefficient (Wildman–Crippen LogP) is 3.62. The fourth-order valence-corrected chi connectivity index (χ4v) is 2.94. The van der Waals surface area contributed by atoms with Crippen LogP contribution < -0.4 is 5.32 Å². The number of ether oxygens (including phenoxy) is 1. The number of carbonyl (C=O) groups is 2. The van der Waals surface area contributed by atoms with E-state index < -0.39 is 5.97 Å². The van der Waals surface area contributed by atoms with Gasteiger partial charge in [0.25, 0.3) is 5.91 Å². The predicted molar refractivity (Wildman–Crippen MR) is 107 cm³/mol. The van der Waals surface area contributed by atoms with E-state index in [0.29, 0.717) is 28.5 Å². The van der Waals surface area contributed by atoms with Crippen LogP contribution in [0.5, 0.6) is 0 Å². The van der Waals surface area contributed by atoms with Crippen LogP contribution in [0.2, 0.25) is 5.02 Å². The number of amides is 1. The van der Waals surface area contributed by atoms with Crippen LogP contribution in [0.3, 0.4) is 0 Å². The molecule has 0 aliphatic carbocycles. The molecule has 7 heteroatoms. The van der Waals surface area contributed by atoms with E-state index in [1.54, 1.807) is 30.7 Å². The number of carbonyl (C=O) groups excluding carboxylic acids is 2. The van der Waals surface area contributed by atoms with Gasteiger partial charge in [-0.05, 0) is 43.7 Å². The average Bonchev–Trinajstić information content (AvgIpc) is 3.00. The Morgan fingerprint density at radius 2 is 1.75 bits per heavy atom. The normalized spacial score (nSPS) is 10.5. The van der Waals surface area contributed by atoms with Gasteiger partial charge in [-0.1, -0.05) is 41.9 Å². The number of rotatable bonds is 6. The lowest BCUT2D eigenvalue weighted by molar-refractivity contribution is -0.124. The lowest BCUT2D eigenvalue weighted by atomic mass is 10.2. The summed E-state index contributed by atoms with van der Waals surface area (Å²) in [5.41, 5.74) is 3.33. The maximum Gasteiger partial charge on any atom is 0.342 e. The second kappa shape index (κ2) is 8.71. The summed E-state index contributed by atoms with van der Waals surface area (Å²) >= 11 is 5.83. The van der Waals surface area contributed by atoms with Gasteiger partial charge in [0.05, 0.1) is 17.1 Å². The molecule has 0 bridgehead atoms. The third kappa shape index (κ3) is 4.58. The highest BCUT2D eigenvalue weighted by Crippen LogP contribution is 2.18. The van der Waals surface area contributed by atoms with E-state index in [9.17, 15) is 9.59 Å². The van der Waals surface area contributed by atoms with Crippen molar-refractivity contribution in [2.75, 3.05) is 6.61 Å². The molecule has 3 rings (SSSR count). The van der Waals surface area contributed by atoms with Gasteiger partial charge in [0.2, 0.25) is 0 Å². The minimum absolute atomic E-state index is 0.331. The molecule has 1 amide bonds. The van der Waals surface area contributed by atoms with E-state index in [-0.39, 0.29) is 12.5 Å². The summed E-state index contributed by atoms with van der Waals surface area (Å²) in [4.78, 5) is 24.5. The number of para-hydroxylation sites is 1. The monoisotopic (exact) mass is 397 g/mol. The lowest BCUT2D eigenvalue weighted by Crippen LogP contribution is -2.28. The molecule has 0 saturated heterocycles. The number of benzene rings is 2. The summed E-state index contributed by atoms with van der Waals surface area (Å²) < 4.78 is 6.87. The molecule has 0 radical (unpaired) electrons. The molecule has 0 aliphatic heterocycles. The first kappa shape index (κ1) is 19.6. The summed E-state index contributed by atoms with van der Waals surface area (Å²) in [6.45, 7) is 3.51. The number of nitrogens with one attached hydrogen (secondary N) is 1. The highest BCUT2D eigenvalue weighted by atomic mass is 35.5. The van der Waals surface area contributed by atoms with Gasteiger partial charge in [0, 0.05) is 11.6 Å². The molecule has 0 saturated carbocycles. The standard InChI is InChI=1S/C21H20ClN3O3/c1-14-20(15(2)25(24-14)18-6-4-3-5-7-18)21(27)28-13-19(26)23-12-16-8-10-17(22)11-9-16/h3-11H,12-13H2,1-2H3,(H,23,26). The Kier molecular flexibility index (Phi) is 6.11. The molecule has 1 heterocycles. The van der Waals surface area contributed by atoms with Crippen molar-refractivity contribution in [3.63, 3.8) is 0 Å². The van der Waals surface area contributed by atoms with Gasteiger partial charge in [-0.25, -0.2) is 9.48 Å². The minimum atomic E-state index is -0.571. The zero-order chi connectivity index (χ0) is 20.1. The number of aryl methyl sites for hydroxylation is 1. The quantitative estimate of drug-likeness (QED) is 0.645. The zero-order valence-corrected chi connectivity index (χ0v) is 16.4. The number of halogens is 1. The summed E-state index contributed by atoms with van der Waals surface area (Å²) in [5.74, 6) is -0.951. The van der Waals surface area contributed by atoms with Crippen molar-refractivity contribution in [1.82, 2.24) is 15.1 Å². The number of esters is 1. The first-order valence-electron chi connectivity index (χ1n) is 8.75. The molecule has 0 unspecified atom stereocenters. The molecule has 1 N–H and O–H groups in total. The molecule has 0 spiro atoms. The van der Waals surface area contributed by atoms with E-state index in [2.05, 4.69) is 10.4 Å². The van der Waals surface area contributed by atoms with Crippen LogP contribution in [0, 0.1) is 13.8 Å². The number of hydrogen-bond acceptors (Lipinski definition) is 4. The molecule has 144 valence electrons. The van der Waals surface area contributed by atoms with Gasteiger partial charge in [-0.2, -0.15) is 5.10 Å². The van der Waals surface area contributed by atoms with Crippen LogP contribution in [-0.4, -0.2) is 28.3 Å². The zero-order valence-electron chi connectivity index (χ0n) is 15.6. The fourth-order valence-electron chi connectivity index (χ4n) is 2.82. The Balaban J connectivity index is 1.59. The second-order valence-corrected chi connectivity index (χ2v) is 6.71. The summed E-state index contributed by atoms with van der Waals surface area (Å²) in [7, 11) is 0. The minimum Gasteiger partial charge on any atom is -0.452 e. The lowest BCUT2D eigenvalue weighted by Gasteiger charge is -2.08. The number of hydrogen-bond donors (Lipinski definition) is 1. The molecule has 28 heavy (non-hydrogen) atoms. The van der Waals surface area contributed by atoms with E-state index in [1.165, 1.54) is 0 Å². The van der Waals surface area contributed by atoms with Crippen molar-refractivity contribution >= 4 is 23.5 Å². The van der Waals surface area contributed by atoms with Crippen LogP contribution in [0.1, 0.15) is 27.3 Å². The summed E-state index contributed by atoms with van der Waals surface area (Å²) in [6, 6.07) is 16.6. The highest BCUT2D eigenvalue weighted by molar-refractivity contribution is 6.30. The largest absolute Gasteiger partial charge is 0.452 e. The smallest absolute Gasteiger partial charge is 0.342 e. The molecule has 0 fully saturated rings. The topological polar surface area (TPSA) is 73.2 Å². The molecular weight excluding hydrogens is 378 g/mol. The Hall–Kier alpha value is -3.12. The van der Waals surface area contributed by atoms with Crippen LogP contribution in [-0.2, 0) is 16.1 Å². The van der Waals surface area contributed by atoms with Crippen molar-refractivity contribution < 1.29 is 14.3 Å². The number of nitrogens with zero attached hydrogens (tertiary/aromatic N) is 2. The Morgan fingerprint density at radius 3 is 2.43 bits per heavy atom. The highest BCUT2D eigenvalue weighted by Gasteiger charge is 2.21. The van der Waals surface area contributed by atoms with E-state index >= 15 is 0 Å². The Labute approximate surface area is 168 Å². The van der Waals surface area contributed by atoms with Crippen molar-refractivity contribution in [2.45, 2.75) is 20.4 Å². The van der Waals surface area contributed by atoms with Crippen LogP contribution >= 0.6 is 11.6 Å². The molecular formula is C21H20ClN3O3. The SMILES string of the molecule is Cc1nn(-c2ccccc2)c(C)c1C(=O)OCC(=O)NCc1ccc(Cl)cc1. The average molecular weight is 398 g/mol. The van der Waals surface area contributed by atoms with Crippen molar-refractivity contribution in [3.05, 3.63) is 82.1 Å². The third-order valence-electron chi connectivity index (χ3n) is 4.23. The second-order valence-electron chi connectivity index (χ2n) is 6.27. The first-order chi connectivity index (χ1) is 13.5. The molecule has 0 atom stereocenters. The Bertz CT molecular complexity index is 982. The van der Waals surface area contributed by atoms with Crippen LogP contribution in [0.4, 0.5) is 0 Å². The summed E-state index contributed by atoms with van der Waals surface area (Å²) in [5, 5.41) is 7.75. The molecule has 2 aromatic carbocycles. The van der Waals surface area contributed by atoms with Crippen molar-refractivity contribution in [1.29, 1.82) is 0 Å².